The Morgan fingerprint density at radius 2 is 1.90 bits per heavy atom. The van der Waals surface area contributed by atoms with Crippen molar-refractivity contribution in [3.05, 3.63) is 58.4 Å². The molecule has 0 atom stereocenters. The van der Waals surface area contributed by atoms with Crippen LogP contribution in [0, 0.1) is 21.8 Å². The molecule has 10 heteroatoms. The molecule has 0 spiro atoms. The molecule has 0 radical (unpaired) electrons. The molecule has 0 aromatic heterocycles. The van der Waals surface area contributed by atoms with Crippen molar-refractivity contribution in [2.24, 2.45) is 5.92 Å². The first-order valence-corrected chi connectivity index (χ1v) is 10.6. The van der Waals surface area contributed by atoms with Gasteiger partial charge in [-0.05, 0) is 30.9 Å². The number of methoxy groups -OCH3 is 1. The second kappa shape index (κ2) is 8.75. The molecule has 0 saturated carbocycles. The first-order chi connectivity index (χ1) is 13.8. The van der Waals surface area contributed by atoms with E-state index in [0.29, 0.717) is 32.5 Å². The maximum absolute atomic E-state index is 13.8. The standard InChI is InChI=1S/C19H22FN3O5S/c1-28-19-12-17(18(23(24)25)11-16(19)20)21-13-14-7-9-22(10-8-14)29(26,27)15-5-3-2-4-6-15/h2-6,11-12,14,21H,7-10,13H2,1H3. The summed E-state index contributed by atoms with van der Waals surface area (Å²) in [5.41, 5.74) is -0.194. The Balaban J connectivity index is 1.63. The molecule has 1 heterocycles. The molecule has 1 fully saturated rings. The topological polar surface area (TPSA) is 102 Å². The second-order valence-electron chi connectivity index (χ2n) is 6.80. The van der Waals surface area contributed by atoms with Crippen LogP contribution >= 0.6 is 0 Å². The van der Waals surface area contributed by atoms with Crippen LogP contribution in [0.1, 0.15) is 12.8 Å². The molecule has 29 heavy (non-hydrogen) atoms. The summed E-state index contributed by atoms with van der Waals surface area (Å²) in [6.45, 7) is 1.16. The fraction of sp³-hybridized carbons (Fsp3) is 0.368. The zero-order chi connectivity index (χ0) is 21.0. The van der Waals surface area contributed by atoms with Gasteiger partial charge < -0.3 is 10.1 Å². The van der Waals surface area contributed by atoms with Gasteiger partial charge >= 0.3 is 0 Å². The predicted molar refractivity (Wildman–Crippen MR) is 106 cm³/mol. The molecule has 0 amide bonds. The fourth-order valence-corrected chi connectivity index (χ4v) is 4.83. The molecular formula is C19H22FN3O5S. The van der Waals surface area contributed by atoms with Gasteiger partial charge in [0.2, 0.25) is 10.0 Å². The third-order valence-corrected chi connectivity index (χ3v) is 6.92. The summed E-state index contributed by atoms with van der Waals surface area (Å²) in [5, 5.41) is 14.2. The Morgan fingerprint density at radius 1 is 1.24 bits per heavy atom. The van der Waals surface area contributed by atoms with Crippen LogP contribution in [0.4, 0.5) is 15.8 Å². The van der Waals surface area contributed by atoms with Gasteiger partial charge in [-0.2, -0.15) is 4.31 Å². The van der Waals surface area contributed by atoms with E-state index >= 15 is 0 Å². The lowest BCUT2D eigenvalue weighted by Gasteiger charge is -2.31. The largest absolute Gasteiger partial charge is 0.494 e. The van der Waals surface area contributed by atoms with Crippen molar-refractivity contribution in [2.75, 3.05) is 32.1 Å². The maximum atomic E-state index is 13.8. The van der Waals surface area contributed by atoms with Gasteiger partial charge in [0.15, 0.2) is 11.6 Å². The van der Waals surface area contributed by atoms with Crippen molar-refractivity contribution in [3.8, 4) is 5.75 Å². The fourth-order valence-electron chi connectivity index (χ4n) is 3.34. The maximum Gasteiger partial charge on any atom is 0.295 e. The monoisotopic (exact) mass is 423 g/mol. The van der Waals surface area contributed by atoms with Gasteiger partial charge in [-0.3, -0.25) is 10.1 Å². The molecule has 0 unspecified atom stereocenters. The number of nitrogens with zero attached hydrogens (tertiary/aromatic N) is 2. The second-order valence-corrected chi connectivity index (χ2v) is 8.74. The molecular weight excluding hydrogens is 401 g/mol. The molecule has 1 saturated heterocycles. The molecule has 0 bridgehead atoms. The lowest BCUT2D eigenvalue weighted by molar-refractivity contribution is -0.384. The highest BCUT2D eigenvalue weighted by Crippen LogP contribution is 2.32. The summed E-state index contributed by atoms with van der Waals surface area (Å²) < 4.78 is 45.5. The van der Waals surface area contributed by atoms with Crippen molar-refractivity contribution >= 4 is 21.4 Å². The van der Waals surface area contributed by atoms with E-state index < -0.39 is 20.8 Å². The molecule has 8 nitrogen and oxygen atoms in total. The van der Waals surface area contributed by atoms with E-state index in [1.807, 2.05) is 0 Å². The highest BCUT2D eigenvalue weighted by molar-refractivity contribution is 7.89. The zero-order valence-corrected chi connectivity index (χ0v) is 16.7. The van der Waals surface area contributed by atoms with Gasteiger partial charge in [-0.1, -0.05) is 18.2 Å². The summed E-state index contributed by atoms with van der Waals surface area (Å²) in [5.74, 6) is -0.751. The van der Waals surface area contributed by atoms with Gasteiger partial charge in [-0.25, -0.2) is 12.8 Å². The quantitative estimate of drug-likeness (QED) is 0.542. The molecule has 156 valence electrons. The van der Waals surface area contributed by atoms with Crippen LogP contribution in [0.25, 0.3) is 0 Å². The van der Waals surface area contributed by atoms with Crippen molar-refractivity contribution < 1.29 is 22.5 Å². The first kappa shape index (κ1) is 21.0. The highest BCUT2D eigenvalue weighted by atomic mass is 32.2. The van der Waals surface area contributed by atoms with Gasteiger partial charge in [0.1, 0.15) is 5.69 Å². The minimum atomic E-state index is -3.52. The molecule has 3 rings (SSSR count). The van der Waals surface area contributed by atoms with Crippen LogP contribution < -0.4 is 10.1 Å². The van der Waals surface area contributed by atoms with Crippen LogP contribution in [0.3, 0.4) is 0 Å². The van der Waals surface area contributed by atoms with Crippen LogP contribution in [0.5, 0.6) is 5.75 Å². The number of anilines is 1. The number of ether oxygens (including phenoxy) is 1. The number of hydrogen-bond donors (Lipinski definition) is 1. The lowest BCUT2D eigenvalue weighted by atomic mass is 9.98. The average molecular weight is 423 g/mol. The summed E-state index contributed by atoms with van der Waals surface area (Å²) in [4.78, 5) is 10.8. The number of nitro groups is 1. The van der Waals surface area contributed by atoms with E-state index in [1.54, 1.807) is 30.3 Å². The number of piperidine rings is 1. The predicted octanol–water partition coefficient (Wildman–Crippen LogP) is 3.26. The lowest BCUT2D eigenvalue weighted by Crippen LogP contribution is -2.39. The summed E-state index contributed by atoms with van der Waals surface area (Å²) in [7, 11) is -2.23. The summed E-state index contributed by atoms with van der Waals surface area (Å²) >= 11 is 0. The van der Waals surface area contributed by atoms with Gasteiger partial charge in [0.05, 0.1) is 23.0 Å². The summed E-state index contributed by atoms with van der Waals surface area (Å²) in [6.07, 6.45) is 1.23. The third kappa shape index (κ3) is 4.65. The number of sulfonamides is 1. The van der Waals surface area contributed by atoms with Crippen molar-refractivity contribution in [1.82, 2.24) is 4.31 Å². The van der Waals surface area contributed by atoms with Crippen LogP contribution in [-0.2, 0) is 10.0 Å². The smallest absolute Gasteiger partial charge is 0.295 e. The van der Waals surface area contributed by atoms with Gasteiger partial charge in [-0.15, -0.1) is 0 Å². The van der Waals surface area contributed by atoms with Gasteiger partial charge in [0.25, 0.3) is 5.69 Å². The average Bonchev–Trinajstić information content (AvgIpc) is 2.73. The van der Waals surface area contributed by atoms with Crippen molar-refractivity contribution in [3.63, 3.8) is 0 Å². The number of hydrogen-bond acceptors (Lipinski definition) is 6. The van der Waals surface area contributed by atoms with Crippen LogP contribution in [0.15, 0.2) is 47.4 Å². The first-order valence-electron chi connectivity index (χ1n) is 9.14. The SMILES string of the molecule is COc1cc(NCC2CCN(S(=O)(=O)c3ccccc3)CC2)c([N+](=O)[O-])cc1F. The molecule has 1 N–H and O–H groups in total. The van der Waals surface area contributed by atoms with E-state index in [0.717, 1.165) is 6.07 Å². The molecule has 0 aliphatic carbocycles. The van der Waals surface area contributed by atoms with E-state index in [4.69, 9.17) is 4.74 Å². The van der Waals surface area contributed by atoms with E-state index in [1.165, 1.54) is 17.5 Å². The highest BCUT2D eigenvalue weighted by Gasteiger charge is 2.29. The Hall–Kier alpha value is -2.72. The Morgan fingerprint density at radius 3 is 2.48 bits per heavy atom. The zero-order valence-electron chi connectivity index (χ0n) is 15.9. The number of benzene rings is 2. The number of nitro benzene ring substituents is 1. The van der Waals surface area contributed by atoms with E-state index in [2.05, 4.69) is 5.32 Å². The molecule has 1 aliphatic rings. The van der Waals surface area contributed by atoms with Crippen molar-refractivity contribution in [1.29, 1.82) is 0 Å². The minimum Gasteiger partial charge on any atom is -0.494 e. The van der Waals surface area contributed by atoms with E-state index in [9.17, 15) is 22.9 Å². The van der Waals surface area contributed by atoms with Crippen LogP contribution in [0.2, 0.25) is 0 Å². The van der Waals surface area contributed by atoms with Crippen LogP contribution in [-0.4, -0.2) is 44.4 Å². The third-order valence-electron chi connectivity index (χ3n) is 5.00. The molecule has 2 aromatic carbocycles. The summed E-state index contributed by atoms with van der Waals surface area (Å²) in [6, 6.07) is 10.4. The van der Waals surface area contributed by atoms with Gasteiger partial charge in [0, 0.05) is 25.7 Å². The number of halogens is 1. The Labute approximate surface area is 168 Å². The Bertz CT molecular complexity index is 977. The molecule has 1 aliphatic heterocycles. The Kier molecular flexibility index (Phi) is 6.33. The molecule has 2 aromatic rings. The normalized spacial score (nSPS) is 15.8. The minimum absolute atomic E-state index is 0.0816. The number of nitrogens with one attached hydrogen (secondary N) is 1. The number of rotatable bonds is 7. The van der Waals surface area contributed by atoms with Crippen molar-refractivity contribution in [2.45, 2.75) is 17.7 Å². The van der Waals surface area contributed by atoms with E-state index in [-0.39, 0.29) is 27.9 Å².